The number of nitrogens with zero attached hydrogens (tertiary/aromatic N) is 2. The maximum Gasteiger partial charge on any atom is 0.229 e. The third-order valence-corrected chi connectivity index (χ3v) is 7.86. The predicted molar refractivity (Wildman–Crippen MR) is 140 cm³/mol. The van der Waals surface area contributed by atoms with Crippen molar-refractivity contribution in [1.82, 2.24) is 15.1 Å². The second-order valence-electron chi connectivity index (χ2n) is 9.98. The molecule has 2 saturated heterocycles. The average Bonchev–Trinajstić information content (AvgIpc) is 3.22. The van der Waals surface area contributed by atoms with E-state index in [-0.39, 0.29) is 17.4 Å². The van der Waals surface area contributed by atoms with E-state index in [1.54, 1.807) is 14.2 Å². The fourth-order valence-corrected chi connectivity index (χ4v) is 5.43. The Bertz CT molecular complexity index is 1010. The van der Waals surface area contributed by atoms with Crippen LogP contribution in [0.25, 0.3) is 0 Å². The fourth-order valence-electron chi connectivity index (χ4n) is 5.43. The Morgan fingerprint density at radius 1 is 0.944 bits per heavy atom. The van der Waals surface area contributed by atoms with Crippen LogP contribution in [0.1, 0.15) is 56.2 Å². The first-order chi connectivity index (χ1) is 17.5. The van der Waals surface area contributed by atoms with Gasteiger partial charge in [-0.3, -0.25) is 9.59 Å². The standard InChI is InChI=1S/C29H39N3O4/c1-4-27(33)30-26(23-7-11-25(36-3)12-8-23)13-17-31-18-14-29(15-19-31)16-20-32(28(29)34)21-22-5-9-24(35-2)10-6-22/h5-12,26H,4,13-21H2,1-3H3,(H,30,33). The number of benzene rings is 2. The Morgan fingerprint density at radius 2 is 1.53 bits per heavy atom. The van der Waals surface area contributed by atoms with Gasteiger partial charge in [0.1, 0.15) is 11.5 Å². The molecule has 1 unspecified atom stereocenters. The highest BCUT2D eigenvalue weighted by Crippen LogP contribution is 2.42. The first-order valence-corrected chi connectivity index (χ1v) is 13.0. The summed E-state index contributed by atoms with van der Waals surface area (Å²) >= 11 is 0. The van der Waals surface area contributed by atoms with Crippen molar-refractivity contribution in [2.24, 2.45) is 5.41 Å². The van der Waals surface area contributed by atoms with Gasteiger partial charge in [0.2, 0.25) is 11.8 Å². The van der Waals surface area contributed by atoms with Crippen molar-refractivity contribution < 1.29 is 19.1 Å². The minimum atomic E-state index is -0.214. The number of piperidine rings is 1. The summed E-state index contributed by atoms with van der Waals surface area (Å²) in [5.74, 6) is 2.01. The molecule has 2 aromatic carbocycles. The molecule has 4 rings (SSSR count). The lowest BCUT2D eigenvalue weighted by molar-refractivity contribution is -0.139. The third-order valence-electron chi connectivity index (χ3n) is 7.86. The molecule has 2 aromatic rings. The zero-order valence-corrected chi connectivity index (χ0v) is 21.8. The molecule has 0 bridgehead atoms. The van der Waals surface area contributed by atoms with E-state index in [0.29, 0.717) is 18.9 Å². The molecular formula is C29H39N3O4. The van der Waals surface area contributed by atoms with Crippen LogP contribution < -0.4 is 14.8 Å². The second-order valence-corrected chi connectivity index (χ2v) is 9.98. The molecule has 7 heteroatoms. The normalized spacial score (nSPS) is 18.3. The number of likely N-dealkylation sites (tertiary alicyclic amines) is 2. The summed E-state index contributed by atoms with van der Waals surface area (Å²) in [6, 6.07) is 15.9. The van der Waals surface area contributed by atoms with Crippen molar-refractivity contribution in [2.45, 2.75) is 51.6 Å². The van der Waals surface area contributed by atoms with E-state index in [2.05, 4.69) is 10.2 Å². The van der Waals surface area contributed by atoms with Gasteiger partial charge in [0.25, 0.3) is 0 Å². The topological polar surface area (TPSA) is 71.1 Å². The van der Waals surface area contributed by atoms with Crippen LogP contribution in [0.3, 0.4) is 0 Å². The van der Waals surface area contributed by atoms with E-state index >= 15 is 0 Å². The van der Waals surface area contributed by atoms with E-state index in [0.717, 1.165) is 74.5 Å². The maximum absolute atomic E-state index is 13.4. The van der Waals surface area contributed by atoms with Crippen LogP contribution in [-0.2, 0) is 16.1 Å². The molecular weight excluding hydrogens is 454 g/mol. The Hall–Kier alpha value is -3.06. The molecule has 194 valence electrons. The Kier molecular flexibility index (Phi) is 8.52. The minimum absolute atomic E-state index is 0.0349. The molecule has 1 N–H and O–H groups in total. The van der Waals surface area contributed by atoms with E-state index in [9.17, 15) is 9.59 Å². The number of amides is 2. The number of nitrogens with one attached hydrogen (secondary N) is 1. The van der Waals surface area contributed by atoms with E-state index < -0.39 is 0 Å². The van der Waals surface area contributed by atoms with E-state index in [1.165, 1.54) is 0 Å². The van der Waals surface area contributed by atoms with Crippen LogP contribution in [0.15, 0.2) is 48.5 Å². The lowest BCUT2D eigenvalue weighted by Crippen LogP contribution is -2.45. The smallest absolute Gasteiger partial charge is 0.229 e. The summed E-state index contributed by atoms with van der Waals surface area (Å²) in [6.45, 7) is 6.09. The van der Waals surface area contributed by atoms with Crippen LogP contribution in [0.4, 0.5) is 0 Å². The van der Waals surface area contributed by atoms with Gasteiger partial charge in [-0.05, 0) is 74.2 Å². The predicted octanol–water partition coefficient (Wildman–Crippen LogP) is 4.18. The summed E-state index contributed by atoms with van der Waals surface area (Å²) in [6.07, 6.45) is 4.05. The molecule has 36 heavy (non-hydrogen) atoms. The second kappa shape index (κ2) is 11.8. The molecule has 2 heterocycles. The summed E-state index contributed by atoms with van der Waals surface area (Å²) in [4.78, 5) is 30.0. The monoisotopic (exact) mass is 493 g/mol. The molecule has 2 aliphatic rings. The zero-order chi connectivity index (χ0) is 25.5. The van der Waals surface area contributed by atoms with Crippen molar-refractivity contribution in [3.63, 3.8) is 0 Å². The summed E-state index contributed by atoms with van der Waals surface area (Å²) < 4.78 is 10.5. The number of ether oxygens (including phenoxy) is 2. The van der Waals surface area contributed by atoms with Gasteiger partial charge in [0.15, 0.2) is 0 Å². The van der Waals surface area contributed by atoms with E-state index in [1.807, 2.05) is 60.4 Å². The van der Waals surface area contributed by atoms with Crippen LogP contribution >= 0.6 is 0 Å². The molecule has 0 aromatic heterocycles. The van der Waals surface area contributed by atoms with Gasteiger partial charge in [-0.1, -0.05) is 31.2 Å². The minimum Gasteiger partial charge on any atom is -0.497 e. The lowest BCUT2D eigenvalue weighted by atomic mass is 9.77. The van der Waals surface area contributed by atoms with Crippen LogP contribution in [0.5, 0.6) is 11.5 Å². The van der Waals surface area contributed by atoms with Gasteiger partial charge in [0, 0.05) is 26.1 Å². The van der Waals surface area contributed by atoms with Crippen molar-refractivity contribution in [3.8, 4) is 11.5 Å². The number of hydrogen-bond acceptors (Lipinski definition) is 5. The molecule has 0 radical (unpaired) electrons. The van der Waals surface area contributed by atoms with Crippen LogP contribution in [0, 0.1) is 5.41 Å². The third kappa shape index (κ3) is 6.01. The molecule has 2 fully saturated rings. The quantitative estimate of drug-likeness (QED) is 0.538. The van der Waals surface area contributed by atoms with Gasteiger partial charge in [-0.25, -0.2) is 0 Å². The average molecular weight is 494 g/mol. The van der Waals surface area contributed by atoms with Gasteiger partial charge in [0.05, 0.1) is 25.7 Å². The Labute approximate surface area is 214 Å². The Morgan fingerprint density at radius 3 is 2.11 bits per heavy atom. The summed E-state index contributed by atoms with van der Waals surface area (Å²) in [7, 11) is 3.32. The van der Waals surface area contributed by atoms with Crippen molar-refractivity contribution in [2.75, 3.05) is 40.4 Å². The molecule has 7 nitrogen and oxygen atoms in total. The fraction of sp³-hybridized carbons (Fsp3) is 0.517. The number of carbonyl (C=O) groups is 2. The molecule has 0 aliphatic carbocycles. The molecule has 2 amide bonds. The number of hydrogen-bond donors (Lipinski definition) is 1. The SMILES string of the molecule is CCC(=O)NC(CCN1CCC2(CC1)CCN(Cc1ccc(OC)cc1)C2=O)c1ccc(OC)cc1. The van der Waals surface area contributed by atoms with Crippen LogP contribution in [-0.4, -0.2) is 62.0 Å². The largest absolute Gasteiger partial charge is 0.497 e. The molecule has 0 saturated carbocycles. The molecule has 1 spiro atoms. The van der Waals surface area contributed by atoms with Crippen LogP contribution in [0.2, 0.25) is 0 Å². The first kappa shape index (κ1) is 26.0. The Balaban J connectivity index is 1.30. The number of rotatable bonds is 10. The molecule has 1 atom stereocenters. The highest BCUT2D eigenvalue weighted by atomic mass is 16.5. The highest BCUT2D eigenvalue weighted by Gasteiger charge is 2.47. The summed E-state index contributed by atoms with van der Waals surface area (Å²) in [5.41, 5.74) is 2.01. The lowest BCUT2D eigenvalue weighted by Gasteiger charge is -2.38. The van der Waals surface area contributed by atoms with Gasteiger partial charge in [-0.15, -0.1) is 0 Å². The van der Waals surface area contributed by atoms with Crippen molar-refractivity contribution in [1.29, 1.82) is 0 Å². The molecule has 2 aliphatic heterocycles. The van der Waals surface area contributed by atoms with E-state index in [4.69, 9.17) is 9.47 Å². The number of methoxy groups -OCH3 is 2. The van der Waals surface area contributed by atoms with Crippen molar-refractivity contribution >= 4 is 11.8 Å². The highest BCUT2D eigenvalue weighted by molar-refractivity contribution is 5.85. The maximum atomic E-state index is 13.4. The van der Waals surface area contributed by atoms with Crippen molar-refractivity contribution in [3.05, 3.63) is 59.7 Å². The summed E-state index contributed by atoms with van der Waals surface area (Å²) in [5, 5.41) is 3.18. The van der Waals surface area contributed by atoms with Gasteiger partial charge >= 0.3 is 0 Å². The van der Waals surface area contributed by atoms with Gasteiger partial charge < -0.3 is 24.6 Å². The zero-order valence-electron chi connectivity index (χ0n) is 21.8. The number of carbonyl (C=O) groups excluding carboxylic acids is 2. The van der Waals surface area contributed by atoms with Gasteiger partial charge in [-0.2, -0.15) is 0 Å². The first-order valence-electron chi connectivity index (χ1n) is 13.0.